The van der Waals surface area contributed by atoms with Crippen molar-refractivity contribution >= 4 is 11.3 Å². The molecule has 1 atom stereocenters. The molecule has 0 aliphatic carbocycles. The number of nitrogens with zero attached hydrogens (tertiary/aromatic N) is 3. The Hall–Kier alpha value is -1.33. The molecule has 0 saturated carbocycles. The molecular weight excluding hydrogens is 198 g/mol. The van der Waals surface area contributed by atoms with Gasteiger partial charge in [0.25, 0.3) is 0 Å². The predicted molar refractivity (Wildman–Crippen MR) is 53.8 cm³/mol. The molecule has 2 rings (SSSR count). The van der Waals surface area contributed by atoms with Crippen LogP contribution in [0.1, 0.15) is 17.9 Å². The van der Waals surface area contributed by atoms with Crippen LogP contribution in [0.3, 0.4) is 0 Å². The third-order valence-electron chi connectivity index (χ3n) is 1.74. The lowest BCUT2D eigenvalue weighted by molar-refractivity contribution is 0.203. The standard InChI is InChI=1S/C9H9N3OS/c1-6(13)8-4-11-9(14-8)7-2-3-10-5-12-7/h2-6,13H,1H3. The van der Waals surface area contributed by atoms with Crippen molar-refractivity contribution < 1.29 is 5.11 Å². The molecule has 0 radical (unpaired) electrons. The van der Waals surface area contributed by atoms with E-state index in [1.807, 2.05) is 0 Å². The Morgan fingerprint density at radius 1 is 1.43 bits per heavy atom. The van der Waals surface area contributed by atoms with Crippen molar-refractivity contribution in [2.75, 3.05) is 0 Å². The maximum absolute atomic E-state index is 9.32. The van der Waals surface area contributed by atoms with Gasteiger partial charge in [0, 0.05) is 12.4 Å². The zero-order chi connectivity index (χ0) is 9.97. The molecule has 2 aromatic rings. The molecule has 2 heterocycles. The summed E-state index contributed by atoms with van der Waals surface area (Å²) >= 11 is 1.44. The molecule has 0 spiro atoms. The van der Waals surface area contributed by atoms with Crippen LogP contribution in [0.2, 0.25) is 0 Å². The lowest BCUT2D eigenvalue weighted by Crippen LogP contribution is -1.83. The van der Waals surface area contributed by atoms with E-state index in [-0.39, 0.29) is 0 Å². The fourth-order valence-electron chi connectivity index (χ4n) is 1.02. The second kappa shape index (κ2) is 3.81. The maximum atomic E-state index is 9.32. The van der Waals surface area contributed by atoms with Gasteiger partial charge in [-0.2, -0.15) is 0 Å². The lowest BCUT2D eigenvalue weighted by Gasteiger charge is -1.95. The number of hydrogen-bond acceptors (Lipinski definition) is 5. The van der Waals surface area contributed by atoms with Crippen molar-refractivity contribution in [2.45, 2.75) is 13.0 Å². The number of aliphatic hydroxyl groups excluding tert-OH is 1. The van der Waals surface area contributed by atoms with Gasteiger partial charge in [0.15, 0.2) is 0 Å². The van der Waals surface area contributed by atoms with E-state index in [1.165, 1.54) is 17.7 Å². The second-order valence-electron chi connectivity index (χ2n) is 2.84. The Morgan fingerprint density at radius 2 is 2.29 bits per heavy atom. The summed E-state index contributed by atoms with van der Waals surface area (Å²) in [4.78, 5) is 12.9. The molecule has 0 bridgehead atoms. The van der Waals surface area contributed by atoms with Crippen molar-refractivity contribution in [3.8, 4) is 10.7 Å². The summed E-state index contributed by atoms with van der Waals surface area (Å²) in [6.07, 6.45) is 4.36. The summed E-state index contributed by atoms with van der Waals surface area (Å²) in [5.41, 5.74) is 0.789. The fourth-order valence-corrected chi connectivity index (χ4v) is 1.85. The molecule has 72 valence electrons. The van der Waals surface area contributed by atoms with E-state index >= 15 is 0 Å². The van der Waals surface area contributed by atoms with Gasteiger partial charge < -0.3 is 5.11 Å². The van der Waals surface area contributed by atoms with Gasteiger partial charge in [-0.1, -0.05) is 0 Å². The summed E-state index contributed by atoms with van der Waals surface area (Å²) in [6.45, 7) is 1.72. The van der Waals surface area contributed by atoms with Crippen molar-refractivity contribution in [3.63, 3.8) is 0 Å². The highest BCUT2D eigenvalue weighted by Crippen LogP contribution is 2.26. The minimum absolute atomic E-state index is 0.469. The first kappa shape index (κ1) is 9.23. The topological polar surface area (TPSA) is 58.9 Å². The van der Waals surface area contributed by atoms with Crippen LogP contribution < -0.4 is 0 Å². The molecule has 1 unspecified atom stereocenters. The van der Waals surface area contributed by atoms with E-state index in [1.54, 1.807) is 25.4 Å². The lowest BCUT2D eigenvalue weighted by atomic mass is 10.4. The molecule has 5 heteroatoms. The van der Waals surface area contributed by atoms with Crippen LogP contribution in [0.15, 0.2) is 24.8 Å². The molecule has 2 aromatic heterocycles. The fraction of sp³-hybridized carbons (Fsp3) is 0.222. The summed E-state index contributed by atoms with van der Waals surface area (Å²) < 4.78 is 0. The molecule has 4 nitrogen and oxygen atoms in total. The van der Waals surface area contributed by atoms with Gasteiger partial charge in [-0.3, -0.25) is 0 Å². The molecule has 0 amide bonds. The number of aromatic nitrogens is 3. The van der Waals surface area contributed by atoms with Crippen molar-refractivity contribution in [3.05, 3.63) is 29.7 Å². The van der Waals surface area contributed by atoms with Gasteiger partial charge in [0.05, 0.1) is 11.0 Å². The van der Waals surface area contributed by atoms with Crippen LogP contribution in [0.5, 0.6) is 0 Å². The van der Waals surface area contributed by atoms with E-state index in [9.17, 15) is 5.11 Å². The van der Waals surface area contributed by atoms with E-state index in [4.69, 9.17) is 0 Å². The maximum Gasteiger partial charge on any atom is 0.142 e. The van der Waals surface area contributed by atoms with Crippen LogP contribution >= 0.6 is 11.3 Å². The average Bonchev–Trinajstić information content (AvgIpc) is 2.68. The van der Waals surface area contributed by atoms with Crippen LogP contribution in [0, 0.1) is 0 Å². The Kier molecular flexibility index (Phi) is 2.51. The molecule has 1 N–H and O–H groups in total. The number of rotatable bonds is 2. The summed E-state index contributed by atoms with van der Waals surface area (Å²) in [5.74, 6) is 0. The van der Waals surface area contributed by atoms with E-state index in [0.29, 0.717) is 0 Å². The van der Waals surface area contributed by atoms with E-state index in [2.05, 4.69) is 15.0 Å². The highest BCUT2D eigenvalue weighted by atomic mass is 32.1. The highest BCUT2D eigenvalue weighted by Gasteiger charge is 2.08. The zero-order valence-electron chi connectivity index (χ0n) is 7.58. The molecule has 0 aliphatic heterocycles. The predicted octanol–water partition coefficient (Wildman–Crippen LogP) is 1.65. The second-order valence-corrected chi connectivity index (χ2v) is 3.90. The Bertz CT molecular complexity index is 413. The van der Waals surface area contributed by atoms with Gasteiger partial charge in [0.1, 0.15) is 17.0 Å². The summed E-state index contributed by atoms with van der Waals surface area (Å²) in [5, 5.41) is 10.1. The molecule has 0 aromatic carbocycles. The quantitative estimate of drug-likeness (QED) is 0.813. The summed E-state index contributed by atoms with van der Waals surface area (Å²) in [7, 11) is 0. The minimum atomic E-state index is -0.469. The molecular formula is C9H9N3OS. The van der Waals surface area contributed by atoms with Crippen LogP contribution in [-0.2, 0) is 0 Å². The molecule has 0 fully saturated rings. The van der Waals surface area contributed by atoms with Gasteiger partial charge in [-0.05, 0) is 13.0 Å². The SMILES string of the molecule is CC(O)c1cnc(-c2ccncn2)s1. The third kappa shape index (κ3) is 1.78. The van der Waals surface area contributed by atoms with E-state index < -0.39 is 6.10 Å². The van der Waals surface area contributed by atoms with Crippen molar-refractivity contribution in [1.29, 1.82) is 0 Å². The Balaban J connectivity index is 2.34. The van der Waals surface area contributed by atoms with Gasteiger partial charge >= 0.3 is 0 Å². The Labute approximate surface area is 85.3 Å². The third-order valence-corrected chi connectivity index (χ3v) is 2.93. The van der Waals surface area contributed by atoms with Crippen LogP contribution in [-0.4, -0.2) is 20.1 Å². The first-order valence-corrected chi connectivity index (χ1v) is 4.99. The number of thiazole rings is 1. The normalized spacial score (nSPS) is 12.7. The monoisotopic (exact) mass is 207 g/mol. The number of aliphatic hydroxyl groups is 1. The van der Waals surface area contributed by atoms with Gasteiger partial charge in [0.2, 0.25) is 0 Å². The van der Waals surface area contributed by atoms with Crippen molar-refractivity contribution in [1.82, 2.24) is 15.0 Å². The van der Waals surface area contributed by atoms with Crippen molar-refractivity contribution in [2.24, 2.45) is 0 Å². The van der Waals surface area contributed by atoms with Crippen LogP contribution in [0.4, 0.5) is 0 Å². The van der Waals surface area contributed by atoms with E-state index in [0.717, 1.165) is 15.6 Å². The first-order chi connectivity index (χ1) is 6.77. The average molecular weight is 207 g/mol. The first-order valence-electron chi connectivity index (χ1n) is 4.17. The molecule has 14 heavy (non-hydrogen) atoms. The molecule has 0 saturated heterocycles. The van der Waals surface area contributed by atoms with Gasteiger partial charge in [-0.15, -0.1) is 11.3 Å². The smallest absolute Gasteiger partial charge is 0.142 e. The summed E-state index contributed by atoms with van der Waals surface area (Å²) in [6, 6.07) is 1.80. The number of hydrogen-bond donors (Lipinski definition) is 1. The zero-order valence-corrected chi connectivity index (χ0v) is 8.40. The minimum Gasteiger partial charge on any atom is -0.388 e. The molecule has 0 aliphatic rings. The highest BCUT2D eigenvalue weighted by molar-refractivity contribution is 7.15. The largest absolute Gasteiger partial charge is 0.388 e. The van der Waals surface area contributed by atoms with Gasteiger partial charge in [-0.25, -0.2) is 15.0 Å². The van der Waals surface area contributed by atoms with Crippen LogP contribution in [0.25, 0.3) is 10.7 Å². The Morgan fingerprint density at radius 3 is 2.86 bits per heavy atom.